The molecular formula is C17H15ClF3N3O5S. The Morgan fingerprint density at radius 2 is 1.63 bits per heavy atom. The first-order valence-electron chi connectivity index (χ1n) is 8.03. The molecule has 2 aromatic carbocycles. The van der Waals surface area contributed by atoms with Crippen LogP contribution in [0, 0.1) is 0 Å². The normalized spacial score (nSPS) is 13.8. The van der Waals surface area contributed by atoms with E-state index in [0.717, 1.165) is 18.2 Å². The van der Waals surface area contributed by atoms with Crippen molar-refractivity contribution < 1.29 is 36.3 Å². The van der Waals surface area contributed by atoms with Gasteiger partial charge in [-0.25, -0.2) is 17.9 Å². The first-order valence-corrected chi connectivity index (χ1v) is 9.89. The molecule has 0 aliphatic rings. The van der Waals surface area contributed by atoms with E-state index >= 15 is 0 Å². The van der Waals surface area contributed by atoms with Gasteiger partial charge < -0.3 is 15.7 Å². The average Bonchev–Trinajstić information content (AvgIpc) is 2.62. The predicted molar refractivity (Wildman–Crippen MR) is 103 cm³/mol. The summed E-state index contributed by atoms with van der Waals surface area (Å²) >= 11 is 5.84. The molecule has 0 aliphatic heterocycles. The number of hydrogen-bond donors (Lipinski definition) is 4. The van der Waals surface area contributed by atoms with Crippen molar-refractivity contribution in [3.8, 4) is 0 Å². The summed E-state index contributed by atoms with van der Waals surface area (Å²) in [6, 6.07) is 9.55. The Kier molecular flexibility index (Phi) is 6.64. The van der Waals surface area contributed by atoms with Crippen LogP contribution in [0.2, 0.25) is 5.02 Å². The topological polar surface area (TPSA) is 125 Å². The van der Waals surface area contributed by atoms with Gasteiger partial charge in [-0.15, -0.1) is 0 Å². The van der Waals surface area contributed by atoms with E-state index in [9.17, 15) is 36.3 Å². The Hall–Kier alpha value is -2.83. The van der Waals surface area contributed by atoms with E-state index in [1.54, 1.807) is 28.2 Å². The highest BCUT2D eigenvalue weighted by Crippen LogP contribution is 2.32. The second kappa shape index (κ2) is 8.50. The van der Waals surface area contributed by atoms with E-state index in [4.69, 9.17) is 11.6 Å². The lowest BCUT2D eigenvalue weighted by molar-refractivity contribution is -0.242. The molecule has 0 fully saturated rings. The molecule has 30 heavy (non-hydrogen) atoms. The van der Waals surface area contributed by atoms with Crippen LogP contribution < -0.4 is 15.4 Å². The molecule has 2 aromatic rings. The number of anilines is 2. The summed E-state index contributed by atoms with van der Waals surface area (Å²) in [5.74, 6) is -1.81. The molecule has 8 nitrogen and oxygen atoms in total. The maximum absolute atomic E-state index is 12.7. The van der Waals surface area contributed by atoms with E-state index in [1.807, 2.05) is 0 Å². The van der Waals surface area contributed by atoms with Gasteiger partial charge in [0, 0.05) is 5.69 Å². The number of sulfonamides is 1. The number of nitrogens with one attached hydrogen (secondary N) is 3. The van der Waals surface area contributed by atoms with Crippen LogP contribution in [0.5, 0.6) is 0 Å². The highest BCUT2D eigenvalue weighted by atomic mass is 35.5. The SMILES string of the molecule is C[C@@](O)(C(=O)Nc1ccc(S(=O)(=O)NC(=O)Nc2ccccc2)cc1Cl)C(F)(F)F. The summed E-state index contributed by atoms with van der Waals surface area (Å²) in [5, 5.41) is 13.0. The molecule has 3 amide bonds. The molecule has 0 heterocycles. The van der Waals surface area contributed by atoms with Crippen molar-refractivity contribution in [3.63, 3.8) is 0 Å². The van der Waals surface area contributed by atoms with Gasteiger partial charge >= 0.3 is 12.2 Å². The van der Waals surface area contributed by atoms with Gasteiger partial charge in [0.2, 0.25) is 5.60 Å². The van der Waals surface area contributed by atoms with Crippen LogP contribution in [0.1, 0.15) is 6.92 Å². The summed E-state index contributed by atoms with van der Waals surface area (Å²) in [4.78, 5) is 23.1. The number of urea groups is 1. The second-order valence-electron chi connectivity index (χ2n) is 6.09. The van der Waals surface area contributed by atoms with E-state index < -0.39 is 43.7 Å². The first kappa shape index (κ1) is 23.4. The molecule has 1 atom stereocenters. The zero-order chi connectivity index (χ0) is 22.7. The second-order valence-corrected chi connectivity index (χ2v) is 8.18. The molecule has 13 heteroatoms. The highest BCUT2D eigenvalue weighted by molar-refractivity contribution is 7.90. The summed E-state index contributed by atoms with van der Waals surface area (Å²) in [6.07, 6.45) is -5.25. The van der Waals surface area contributed by atoms with Crippen LogP contribution in [0.25, 0.3) is 0 Å². The van der Waals surface area contributed by atoms with Crippen molar-refractivity contribution in [3.05, 3.63) is 53.6 Å². The fraction of sp³-hybridized carbons (Fsp3) is 0.176. The average molecular weight is 466 g/mol. The lowest BCUT2D eigenvalue weighted by atomic mass is 10.1. The van der Waals surface area contributed by atoms with Crippen LogP contribution in [0.15, 0.2) is 53.4 Å². The van der Waals surface area contributed by atoms with Crippen molar-refractivity contribution in [2.45, 2.75) is 23.6 Å². The van der Waals surface area contributed by atoms with Crippen molar-refractivity contribution >= 4 is 44.9 Å². The van der Waals surface area contributed by atoms with Crippen molar-refractivity contribution in [2.24, 2.45) is 0 Å². The molecule has 0 saturated heterocycles. The van der Waals surface area contributed by atoms with Crippen LogP contribution in [-0.2, 0) is 14.8 Å². The van der Waals surface area contributed by atoms with Crippen molar-refractivity contribution in [2.75, 3.05) is 10.6 Å². The summed E-state index contributed by atoms with van der Waals surface area (Å²) in [6.45, 7) is 0.254. The van der Waals surface area contributed by atoms with E-state index in [-0.39, 0.29) is 12.6 Å². The van der Waals surface area contributed by atoms with E-state index in [2.05, 4.69) is 5.32 Å². The molecule has 0 unspecified atom stereocenters. The zero-order valence-electron chi connectivity index (χ0n) is 15.1. The van der Waals surface area contributed by atoms with Crippen molar-refractivity contribution in [1.29, 1.82) is 0 Å². The predicted octanol–water partition coefficient (Wildman–Crippen LogP) is 3.10. The van der Waals surface area contributed by atoms with Gasteiger partial charge in [-0.1, -0.05) is 29.8 Å². The fourth-order valence-corrected chi connectivity index (χ4v) is 3.22. The molecule has 2 rings (SSSR count). The molecule has 0 aliphatic carbocycles. The molecular weight excluding hydrogens is 451 g/mol. The highest BCUT2D eigenvalue weighted by Gasteiger charge is 2.55. The fourth-order valence-electron chi connectivity index (χ4n) is 2.00. The van der Waals surface area contributed by atoms with Gasteiger partial charge in [0.1, 0.15) is 0 Å². The third kappa shape index (κ3) is 5.40. The lowest BCUT2D eigenvalue weighted by Gasteiger charge is -2.25. The van der Waals surface area contributed by atoms with Gasteiger partial charge in [0.05, 0.1) is 15.6 Å². The van der Waals surface area contributed by atoms with Gasteiger partial charge in [0.15, 0.2) is 0 Å². The van der Waals surface area contributed by atoms with Crippen molar-refractivity contribution in [1.82, 2.24) is 4.72 Å². The molecule has 0 aromatic heterocycles. The van der Waals surface area contributed by atoms with Gasteiger partial charge in [0.25, 0.3) is 15.9 Å². The number of amides is 3. The zero-order valence-corrected chi connectivity index (χ0v) is 16.7. The minimum Gasteiger partial charge on any atom is -0.373 e. The van der Waals surface area contributed by atoms with Crippen LogP contribution in [0.3, 0.4) is 0 Å². The van der Waals surface area contributed by atoms with Crippen LogP contribution in [-0.4, -0.2) is 37.2 Å². The third-order valence-electron chi connectivity index (χ3n) is 3.75. The summed E-state index contributed by atoms with van der Waals surface area (Å²) in [7, 11) is -4.39. The number of hydrogen-bond acceptors (Lipinski definition) is 5. The van der Waals surface area contributed by atoms with E-state index in [1.165, 1.54) is 12.1 Å². The monoisotopic (exact) mass is 465 g/mol. The third-order valence-corrected chi connectivity index (χ3v) is 5.39. The molecule has 0 spiro atoms. The number of alkyl halides is 3. The van der Waals surface area contributed by atoms with Crippen LogP contribution >= 0.6 is 11.6 Å². The molecule has 0 bridgehead atoms. The number of aliphatic hydroxyl groups is 1. The molecule has 4 N–H and O–H groups in total. The number of carbonyl (C=O) groups excluding carboxylic acids is 2. The Bertz CT molecular complexity index is 1060. The maximum Gasteiger partial charge on any atom is 0.426 e. The van der Waals surface area contributed by atoms with Gasteiger partial charge in [-0.05, 0) is 37.3 Å². The number of rotatable bonds is 5. The Morgan fingerprint density at radius 3 is 2.17 bits per heavy atom. The first-order chi connectivity index (χ1) is 13.7. The number of halogens is 4. The quantitative estimate of drug-likeness (QED) is 0.540. The van der Waals surface area contributed by atoms with Crippen LogP contribution in [0.4, 0.5) is 29.3 Å². The lowest BCUT2D eigenvalue weighted by Crippen LogP contribution is -2.52. The number of carbonyl (C=O) groups is 2. The largest absolute Gasteiger partial charge is 0.426 e. The molecule has 0 radical (unpaired) electrons. The molecule has 162 valence electrons. The molecule has 0 saturated carbocycles. The summed E-state index contributed by atoms with van der Waals surface area (Å²) < 4.78 is 64.5. The van der Waals surface area contributed by atoms with E-state index in [0.29, 0.717) is 5.69 Å². The maximum atomic E-state index is 12.7. The minimum atomic E-state index is -5.25. The van der Waals surface area contributed by atoms with Gasteiger partial charge in [-0.2, -0.15) is 13.2 Å². The summed E-state index contributed by atoms with van der Waals surface area (Å²) in [5.41, 5.74) is -3.74. The van der Waals surface area contributed by atoms with Gasteiger partial charge in [-0.3, -0.25) is 4.79 Å². The minimum absolute atomic E-state index is 0.254. The number of para-hydroxylation sites is 1. The Morgan fingerprint density at radius 1 is 1.03 bits per heavy atom. The Labute approximate surface area is 174 Å². The smallest absolute Gasteiger partial charge is 0.373 e. The number of benzene rings is 2. The standard InChI is InChI=1S/C17H15ClF3N3O5S/c1-16(27,17(19,20)21)14(25)23-13-8-7-11(9-12(13)18)30(28,29)24-15(26)22-10-5-3-2-4-6-10/h2-9,27H,1H3,(H,23,25)(H2,22,24,26)/t16-/m1/s1. The Balaban J connectivity index is 2.15.